The molecule has 1 atom stereocenters. The molecule has 0 amide bonds. The normalized spacial score (nSPS) is 34.9. The first-order valence-corrected chi connectivity index (χ1v) is 5.38. The monoisotopic (exact) mass is 202 g/mol. The Bertz CT molecular complexity index is 171. The Morgan fingerprint density at radius 3 is 2.57 bits per heavy atom. The van der Waals surface area contributed by atoms with E-state index in [1.807, 2.05) is 0 Å². The van der Waals surface area contributed by atoms with Crippen molar-refractivity contribution >= 4 is 0 Å². The third kappa shape index (κ3) is 2.67. The smallest absolute Gasteiger partial charge is 0.165 e. The fraction of sp³-hybridized carbons (Fsp3) is 1.00. The molecule has 4 nitrogen and oxygen atoms in total. The van der Waals surface area contributed by atoms with E-state index in [1.54, 1.807) is 0 Å². The number of aliphatic hydroxyl groups is 1. The van der Waals surface area contributed by atoms with Crippen molar-refractivity contribution < 1.29 is 19.3 Å². The Kier molecular flexibility index (Phi) is 3.38. The molecule has 0 aliphatic carbocycles. The summed E-state index contributed by atoms with van der Waals surface area (Å²) in [7, 11) is 0. The lowest BCUT2D eigenvalue weighted by Gasteiger charge is -2.32. The molecule has 0 bridgehead atoms. The van der Waals surface area contributed by atoms with E-state index in [4.69, 9.17) is 14.2 Å². The minimum Gasteiger partial charge on any atom is -0.365 e. The van der Waals surface area contributed by atoms with Crippen LogP contribution in [0, 0.1) is 0 Å². The summed E-state index contributed by atoms with van der Waals surface area (Å²) >= 11 is 0. The molecule has 2 aliphatic rings. The first-order valence-electron chi connectivity index (χ1n) is 5.38. The van der Waals surface area contributed by atoms with Gasteiger partial charge in [0.05, 0.1) is 19.8 Å². The second kappa shape index (κ2) is 4.57. The molecule has 1 unspecified atom stereocenters. The number of rotatable bonds is 3. The molecule has 4 heteroatoms. The van der Waals surface area contributed by atoms with E-state index < -0.39 is 5.79 Å². The van der Waals surface area contributed by atoms with E-state index in [1.165, 1.54) is 0 Å². The van der Waals surface area contributed by atoms with Crippen molar-refractivity contribution in [2.24, 2.45) is 0 Å². The number of hydrogen-bond donors (Lipinski definition) is 1. The minimum absolute atomic E-state index is 0.135. The van der Waals surface area contributed by atoms with Crippen LogP contribution in [0.15, 0.2) is 0 Å². The van der Waals surface area contributed by atoms with E-state index >= 15 is 0 Å². The zero-order chi connectivity index (χ0) is 9.86. The summed E-state index contributed by atoms with van der Waals surface area (Å²) < 4.78 is 16.0. The lowest BCUT2D eigenvalue weighted by molar-refractivity contribution is -0.234. The van der Waals surface area contributed by atoms with Gasteiger partial charge < -0.3 is 19.3 Å². The fourth-order valence-electron chi connectivity index (χ4n) is 1.95. The van der Waals surface area contributed by atoms with Gasteiger partial charge in [-0.3, -0.25) is 0 Å². The highest BCUT2D eigenvalue weighted by molar-refractivity contribution is 4.72. The van der Waals surface area contributed by atoms with Crippen LogP contribution >= 0.6 is 0 Å². The Hall–Kier alpha value is -0.160. The standard InChI is InChI=1S/C10H18O4/c11-10(4-1-2-6-14-10)5-3-9-12-7-8-13-9/h9,11H,1-8H2. The highest BCUT2D eigenvalue weighted by atomic mass is 16.7. The van der Waals surface area contributed by atoms with Crippen molar-refractivity contribution in [2.45, 2.75) is 44.2 Å². The van der Waals surface area contributed by atoms with Crippen LogP contribution in [0.2, 0.25) is 0 Å². The third-order valence-corrected chi connectivity index (χ3v) is 2.79. The number of hydrogen-bond acceptors (Lipinski definition) is 4. The summed E-state index contributed by atoms with van der Waals surface area (Å²) in [6.07, 6.45) is 4.03. The molecule has 0 aromatic heterocycles. The van der Waals surface area contributed by atoms with Gasteiger partial charge in [0.1, 0.15) is 0 Å². The Morgan fingerprint density at radius 1 is 1.14 bits per heavy atom. The fourth-order valence-corrected chi connectivity index (χ4v) is 1.95. The summed E-state index contributed by atoms with van der Waals surface area (Å²) in [5.41, 5.74) is 0. The van der Waals surface area contributed by atoms with Gasteiger partial charge in [-0.15, -0.1) is 0 Å². The van der Waals surface area contributed by atoms with Crippen LogP contribution in [-0.4, -0.2) is 37.0 Å². The van der Waals surface area contributed by atoms with Crippen molar-refractivity contribution in [1.82, 2.24) is 0 Å². The maximum atomic E-state index is 10.00. The van der Waals surface area contributed by atoms with E-state index in [2.05, 4.69) is 0 Å². The molecule has 0 saturated carbocycles. The summed E-state index contributed by atoms with van der Waals surface area (Å²) in [5, 5.41) is 10.00. The molecule has 2 rings (SSSR count). The summed E-state index contributed by atoms with van der Waals surface area (Å²) in [6.45, 7) is 2.01. The molecule has 0 aromatic carbocycles. The molecule has 0 radical (unpaired) electrons. The van der Waals surface area contributed by atoms with Crippen LogP contribution in [0.1, 0.15) is 32.1 Å². The predicted molar refractivity (Wildman–Crippen MR) is 49.7 cm³/mol. The molecule has 82 valence electrons. The van der Waals surface area contributed by atoms with Crippen molar-refractivity contribution in [3.05, 3.63) is 0 Å². The highest BCUT2D eigenvalue weighted by Gasteiger charge is 2.31. The second-order valence-corrected chi connectivity index (χ2v) is 3.96. The van der Waals surface area contributed by atoms with Crippen LogP contribution in [0.3, 0.4) is 0 Å². The first kappa shape index (κ1) is 10.4. The van der Waals surface area contributed by atoms with Crippen LogP contribution in [0.4, 0.5) is 0 Å². The van der Waals surface area contributed by atoms with E-state index in [-0.39, 0.29) is 6.29 Å². The predicted octanol–water partition coefficient (Wildman–Crippen LogP) is 1.03. The van der Waals surface area contributed by atoms with Gasteiger partial charge in [0, 0.05) is 19.3 Å². The van der Waals surface area contributed by atoms with E-state index in [0.29, 0.717) is 26.2 Å². The van der Waals surface area contributed by atoms with Crippen molar-refractivity contribution in [2.75, 3.05) is 19.8 Å². The van der Waals surface area contributed by atoms with Crippen LogP contribution in [0.5, 0.6) is 0 Å². The Balaban J connectivity index is 1.72. The van der Waals surface area contributed by atoms with Gasteiger partial charge >= 0.3 is 0 Å². The first-order chi connectivity index (χ1) is 6.79. The maximum absolute atomic E-state index is 10.00. The minimum atomic E-state index is -0.923. The second-order valence-electron chi connectivity index (χ2n) is 3.96. The Labute approximate surface area is 84.1 Å². The Morgan fingerprint density at radius 2 is 1.93 bits per heavy atom. The molecular formula is C10H18O4. The van der Waals surface area contributed by atoms with Crippen molar-refractivity contribution in [3.8, 4) is 0 Å². The molecule has 1 N–H and O–H groups in total. The SMILES string of the molecule is OC1(CCC2OCCO2)CCCCO1. The highest BCUT2D eigenvalue weighted by Crippen LogP contribution is 2.28. The molecule has 0 aromatic rings. The number of ether oxygens (including phenoxy) is 3. The summed E-state index contributed by atoms with van der Waals surface area (Å²) in [5.74, 6) is -0.923. The van der Waals surface area contributed by atoms with Crippen LogP contribution < -0.4 is 0 Å². The van der Waals surface area contributed by atoms with Crippen LogP contribution in [0.25, 0.3) is 0 Å². The topological polar surface area (TPSA) is 47.9 Å². The molecule has 2 saturated heterocycles. The zero-order valence-corrected chi connectivity index (χ0v) is 8.41. The molecule has 2 aliphatic heterocycles. The van der Waals surface area contributed by atoms with E-state index in [0.717, 1.165) is 25.7 Å². The summed E-state index contributed by atoms with van der Waals surface area (Å²) in [4.78, 5) is 0. The third-order valence-electron chi connectivity index (χ3n) is 2.79. The quantitative estimate of drug-likeness (QED) is 0.742. The lowest BCUT2D eigenvalue weighted by atomic mass is 10.0. The largest absolute Gasteiger partial charge is 0.365 e. The molecule has 2 heterocycles. The lowest BCUT2D eigenvalue weighted by Crippen LogP contribution is -2.36. The van der Waals surface area contributed by atoms with Gasteiger partial charge in [0.2, 0.25) is 0 Å². The van der Waals surface area contributed by atoms with Gasteiger partial charge in [-0.25, -0.2) is 0 Å². The zero-order valence-electron chi connectivity index (χ0n) is 8.41. The van der Waals surface area contributed by atoms with E-state index in [9.17, 15) is 5.11 Å². The van der Waals surface area contributed by atoms with Crippen LogP contribution in [-0.2, 0) is 14.2 Å². The van der Waals surface area contributed by atoms with Gasteiger partial charge in [-0.05, 0) is 12.8 Å². The average molecular weight is 202 g/mol. The molecular weight excluding hydrogens is 184 g/mol. The molecule has 0 spiro atoms. The summed E-state index contributed by atoms with van der Waals surface area (Å²) in [6, 6.07) is 0. The van der Waals surface area contributed by atoms with Crippen molar-refractivity contribution in [3.63, 3.8) is 0 Å². The maximum Gasteiger partial charge on any atom is 0.165 e. The van der Waals surface area contributed by atoms with Gasteiger partial charge in [0.25, 0.3) is 0 Å². The molecule has 2 fully saturated rings. The average Bonchev–Trinajstić information content (AvgIpc) is 2.69. The van der Waals surface area contributed by atoms with Gasteiger partial charge in [-0.2, -0.15) is 0 Å². The van der Waals surface area contributed by atoms with Crippen molar-refractivity contribution in [1.29, 1.82) is 0 Å². The van der Waals surface area contributed by atoms with Gasteiger partial charge in [-0.1, -0.05) is 0 Å². The molecule has 14 heavy (non-hydrogen) atoms. The van der Waals surface area contributed by atoms with Gasteiger partial charge in [0.15, 0.2) is 12.1 Å².